The standard InChI is InChI=1S/C17H23FN2O3/c1-17(2,3)23-16(22)19-9-12-6-7-20(10-12)15-5-4-14(18)8-13(15)11-21/h4-5,8,11-12H,6-7,9-10H2,1-3H3,(H,19,22). The van der Waals surface area contributed by atoms with Crippen molar-refractivity contribution in [1.82, 2.24) is 5.32 Å². The van der Waals surface area contributed by atoms with Gasteiger partial charge in [-0.15, -0.1) is 0 Å². The molecule has 5 nitrogen and oxygen atoms in total. The van der Waals surface area contributed by atoms with Crippen molar-refractivity contribution >= 4 is 18.1 Å². The molecule has 0 aromatic heterocycles. The van der Waals surface area contributed by atoms with Gasteiger partial charge in [0.25, 0.3) is 0 Å². The van der Waals surface area contributed by atoms with Crippen LogP contribution in [0.25, 0.3) is 0 Å². The van der Waals surface area contributed by atoms with Gasteiger partial charge >= 0.3 is 6.09 Å². The number of nitrogens with one attached hydrogen (secondary N) is 1. The number of carbonyl (C=O) groups is 2. The lowest BCUT2D eigenvalue weighted by Crippen LogP contribution is -2.36. The Hall–Kier alpha value is -2.11. The number of alkyl carbamates (subject to hydrolysis) is 1. The molecule has 23 heavy (non-hydrogen) atoms. The second kappa shape index (κ2) is 6.98. The van der Waals surface area contributed by atoms with E-state index in [9.17, 15) is 14.0 Å². The van der Waals surface area contributed by atoms with Crippen LogP contribution in [0, 0.1) is 11.7 Å². The van der Waals surface area contributed by atoms with Crippen molar-refractivity contribution in [3.05, 3.63) is 29.6 Å². The van der Waals surface area contributed by atoms with Crippen LogP contribution in [0.1, 0.15) is 37.6 Å². The predicted molar refractivity (Wildman–Crippen MR) is 86.3 cm³/mol. The van der Waals surface area contributed by atoms with Crippen LogP contribution in [0.4, 0.5) is 14.9 Å². The number of halogens is 1. The Morgan fingerprint density at radius 3 is 2.87 bits per heavy atom. The highest BCUT2D eigenvalue weighted by Crippen LogP contribution is 2.26. The third kappa shape index (κ3) is 4.94. The van der Waals surface area contributed by atoms with Crippen LogP contribution < -0.4 is 10.2 Å². The minimum atomic E-state index is -0.515. The molecule has 1 atom stereocenters. The fourth-order valence-electron chi connectivity index (χ4n) is 2.67. The maximum Gasteiger partial charge on any atom is 0.407 e. The van der Waals surface area contributed by atoms with Gasteiger partial charge in [-0.25, -0.2) is 9.18 Å². The van der Waals surface area contributed by atoms with Crippen LogP contribution in [-0.4, -0.2) is 37.6 Å². The summed E-state index contributed by atoms with van der Waals surface area (Å²) in [5.74, 6) is -0.148. The molecule has 1 aliphatic rings. The molecule has 1 aliphatic heterocycles. The summed E-state index contributed by atoms with van der Waals surface area (Å²) < 4.78 is 18.4. The molecule has 1 unspecified atom stereocenters. The third-order valence-electron chi connectivity index (χ3n) is 3.68. The van der Waals surface area contributed by atoms with Gasteiger partial charge in [-0.1, -0.05) is 0 Å². The zero-order valence-corrected chi connectivity index (χ0v) is 13.8. The van der Waals surface area contributed by atoms with E-state index in [1.54, 1.807) is 6.07 Å². The average Bonchev–Trinajstić information content (AvgIpc) is 2.92. The van der Waals surface area contributed by atoms with Gasteiger partial charge in [-0.3, -0.25) is 4.79 Å². The van der Waals surface area contributed by atoms with Crippen molar-refractivity contribution in [3.8, 4) is 0 Å². The second-order valence-corrected chi connectivity index (χ2v) is 6.80. The number of aldehydes is 1. The van der Waals surface area contributed by atoms with E-state index in [1.165, 1.54) is 12.1 Å². The normalized spacial score (nSPS) is 17.9. The molecule has 1 amide bonds. The first kappa shape index (κ1) is 17.2. The molecule has 1 aromatic rings. The van der Waals surface area contributed by atoms with E-state index in [0.717, 1.165) is 18.7 Å². The fraction of sp³-hybridized carbons (Fsp3) is 0.529. The van der Waals surface area contributed by atoms with Crippen molar-refractivity contribution in [3.63, 3.8) is 0 Å². The first-order valence-electron chi connectivity index (χ1n) is 7.75. The Morgan fingerprint density at radius 2 is 2.22 bits per heavy atom. The Labute approximate surface area is 135 Å². The first-order chi connectivity index (χ1) is 10.8. The lowest BCUT2D eigenvalue weighted by molar-refractivity contribution is 0.0520. The number of amides is 1. The number of hydrogen-bond acceptors (Lipinski definition) is 4. The highest BCUT2D eigenvalue weighted by atomic mass is 19.1. The molecule has 0 spiro atoms. The summed E-state index contributed by atoms with van der Waals surface area (Å²) >= 11 is 0. The minimum Gasteiger partial charge on any atom is -0.444 e. The van der Waals surface area contributed by atoms with Gasteiger partial charge in [0.05, 0.1) is 0 Å². The Morgan fingerprint density at radius 1 is 1.48 bits per heavy atom. The quantitative estimate of drug-likeness (QED) is 0.866. The Balaban J connectivity index is 1.89. The number of anilines is 1. The molecule has 1 saturated heterocycles. The predicted octanol–water partition coefficient (Wildman–Crippen LogP) is 2.99. The molecule has 0 bridgehead atoms. The van der Waals surface area contributed by atoms with Gasteiger partial charge in [-0.2, -0.15) is 0 Å². The van der Waals surface area contributed by atoms with E-state index in [0.29, 0.717) is 24.9 Å². The monoisotopic (exact) mass is 322 g/mol. The van der Waals surface area contributed by atoms with Crippen molar-refractivity contribution in [2.45, 2.75) is 32.8 Å². The summed E-state index contributed by atoms with van der Waals surface area (Å²) in [4.78, 5) is 24.8. The summed E-state index contributed by atoms with van der Waals surface area (Å²) in [6.07, 6.45) is 1.14. The molecule has 1 aromatic carbocycles. The smallest absolute Gasteiger partial charge is 0.407 e. The second-order valence-electron chi connectivity index (χ2n) is 6.80. The largest absolute Gasteiger partial charge is 0.444 e. The number of benzene rings is 1. The van der Waals surface area contributed by atoms with Crippen molar-refractivity contribution in [2.24, 2.45) is 5.92 Å². The van der Waals surface area contributed by atoms with Gasteiger partial charge in [0, 0.05) is 30.9 Å². The van der Waals surface area contributed by atoms with Crippen molar-refractivity contribution in [1.29, 1.82) is 0 Å². The van der Waals surface area contributed by atoms with E-state index in [-0.39, 0.29) is 5.92 Å². The zero-order chi connectivity index (χ0) is 17.0. The maximum atomic E-state index is 13.2. The number of hydrogen-bond donors (Lipinski definition) is 1. The summed E-state index contributed by atoms with van der Waals surface area (Å²) in [5.41, 5.74) is 0.575. The molecular weight excluding hydrogens is 299 g/mol. The fourth-order valence-corrected chi connectivity index (χ4v) is 2.67. The molecule has 0 saturated carbocycles. The van der Waals surface area contributed by atoms with Crippen molar-refractivity contribution in [2.75, 3.05) is 24.5 Å². The van der Waals surface area contributed by atoms with Gasteiger partial charge < -0.3 is 15.0 Å². The molecule has 0 aliphatic carbocycles. The van der Waals surface area contributed by atoms with Crippen LogP contribution in [-0.2, 0) is 4.74 Å². The topological polar surface area (TPSA) is 58.6 Å². The van der Waals surface area contributed by atoms with Gasteiger partial charge in [0.1, 0.15) is 11.4 Å². The Bertz CT molecular complexity index is 584. The number of nitrogens with zero attached hydrogens (tertiary/aromatic N) is 1. The highest BCUT2D eigenvalue weighted by molar-refractivity contribution is 5.84. The molecule has 1 N–H and O–H groups in total. The van der Waals surface area contributed by atoms with Crippen molar-refractivity contribution < 1.29 is 18.7 Å². The van der Waals surface area contributed by atoms with Crippen LogP contribution >= 0.6 is 0 Å². The molecular formula is C17H23FN2O3. The molecule has 126 valence electrons. The lowest BCUT2D eigenvalue weighted by atomic mass is 10.1. The lowest BCUT2D eigenvalue weighted by Gasteiger charge is -2.22. The minimum absolute atomic E-state index is 0.270. The molecule has 0 radical (unpaired) electrons. The van der Waals surface area contributed by atoms with Crippen LogP contribution in [0.5, 0.6) is 0 Å². The number of carbonyl (C=O) groups excluding carboxylic acids is 2. The average molecular weight is 322 g/mol. The SMILES string of the molecule is CC(C)(C)OC(=O)NCC1CCN(c2ccc(F)cc2C=O)C1. The molecule has 1 heterocycles. The van der Waals surface area contributed by atoms with Crippen LogP contribution in [0.15, 0.2) is 18.2 Å². The van der Waals surface area contributed by atoms with E-state index in [1.807, 2.05) is 25.7 Å². The third-order valence-corrected chi connectivity index (χ3v) is 3.68. The van der Waals surface area contributed by atoms with E-state index < -0.39 is 17.5 Å². The molecule has 6 heteroatoms. The van der Waals surface area contributed by atoms with E-state index >= 15 is 0 Å². The molecule has 2 rings (SSSR count). The summed E-state index contributed by atoms with van der Waals surface area (Å²) in [6.45, 7) is 7.45. The highest BCUT2D eigenvalue weighted by Gasteiger charge is 2.25. The summed E-state index contributed by atoms with van der Waals surface area (Å²) in [6, 6.07) is 4.23. The first-order valence-corrected chi connectivity index (χ1v) is 7.75. The van der Waals surface area contributed by atoms with Crippen LogP contribution in [0.2, 0.25) is 0 Å². The summed E-state index contributed by atoms with van der Waals surface area (Å²) in [5, 5.41) is 2.77. The zero-order valence-electron chi connectivity index (χ0n) is 13.8. The van der Waals surface area contributed by atoms with Gasteiger partial charge in [0.15, 0.2) is 6.29 Å². The van der Waals surface area contributed by atoms with Crippen LogP contribution in [0.3, 0.4) is 0 Å². The van der Waals surface area contributed by atoms with Gasteiger partial charge in [0.2, 0.25) is 0 Å². The summed E-state index contributed by atoms with van der Waals surface area (Å²) in [7, 11) is 0. The van der Waals surface area contributed by atoms with E-state index in [2.05, 4.69) is 5.32 Å². The Kier molecular flexibility index (Phi) is 5.23. The number of ether oxygens (including phenoxy) is 1. The van der Waals surface area contributed by atoms with E-state index in [4.69, 9.17) is 4.74 Å². The molecule has 1 fully saturated rings. The number of rotatable bonds is 4. The van der Waals surface area contributed by atoms with Gasteiger partial charge in [-0.05, 0) is 51.3 Å². The maximum absolute atomic E-state index is 13.2.